The minimum absolute atomic E-state index is 0.430. The highest BCUT2D eigenvalue weighted by molar-refractivity contribution is 9.10. The van der Waals surface area contributed by atoms with Gasteiger partial charge in [0.2, 0.25) is 0 Å². The number of nitrogens with two attached hydrogens (primary N) is 1. The molecule has 19 heavy (non-hydrogen) atoms. The SMILES string of the molecule is CC1(CNc2ccc(C(N)=S)cc2Br)CCCCC1. The average Bonchev–Trinajstić information content (AvgIpc) is 2.38. The summed E-state index contributed by atoms with van der Waals surface area (Å²) in [6.45, 7) is 3.41. The van der Waals surface area contributed by atoms with Gasteiger partial charge in [-0.05, 0) is 52.4 Å². The predicted molar refractivity (Wildman–Crippen MR) is 89.7 cm³/mol. The van der Waals surface area contributed by atoms with Crippen LogP contribution in [0, 0.1) is 5.41 Å². The zero-order chi connectivity index (χ0) is 13.9. The number of rotatable bonds is 4. The van der Waals surface area contributed by atoms with Crippen molar-refractivity contribution in [2.45, 2.75) is 39.0 Å². The van der Waals surface area contributed by atoms with E-state index in [-0.39, 0.29) is 0 Å². The summed E-state index contributed by atoms with van der Waals surface area (Å²) in [6, 6.07) is 6.00. The van der Waals surface area contributed by atoms with E-state index in [1.165, 1.54) is 32.1 Å². The molecule has 0 atom stereocenters. The van der Waals surface area contributed by atoms with Crippen molar-refractivity contribution in [2.24, 2.45) is 11.1 Å². The summed E-state index contributed by atoms with van der Waals surface area (Å²) in [5.74, 6) is 0. The fourth-order valence-corrected chi connectivity index (χ4v) is 3.35. The van der Waals surface area contributed by atoms with Crippen molar-refractivity contribution in [1.82, 2.24) is 0 Å². The molecule has 1 aromatic rings. The van der Waals surface area contributed by atoms with Crippen molar-refractivity contribution in [3.05, 3.63) is 28.2 Å². The zero-order valence-electron chi connectivity index (χ0n) is 11.3. The van der Waals surface area contributed by atoms with Crippen LogP contribution in [0.1, 0.15) is 44.6 Å². The second kappa shape index (κ2) is 6.23. The van der Waals surface area contributed by atoms with Crippen molar-refractivity contribution in [1.29, 1.82) is 0 Å². The zero-order valence-corrected chi connectivity index (χ0v) is 13.7. The fraction of sp³-hybridized carbons (Fsp3) is 0.533. The molecule has 0 heterocycles. The lowest BCUT2D eigenvalue weighted by molar-refractivity contribution is 0.233. The molecule has 1 fully saturated rings. The molecule has 0 saturated heterocycles. The van der Waals surface area contributed by atoms with Gasteiger partial charge in [-0.15, -0.1) is 0 Å². The van der Waals surface area contributed by atoms with E-state index in [1.807, 2.05) is 18.2 Å². The van der Waals surface area contributed by atoms with Crippen molar-refractivity contribution in [3.63, 3.8) is 0 Å². The molecule has 0 aromatic heterocycles. The molecule has 0 amide bonds. The number of hydrogen-bond acceptors (Lipinski definition) is 2. The maximum atomic E-state index is 5.63. The van der Waals surface area contributed by atoms with Gasteiger partial charge in [-0.2, -0.15) is 0 Å². The third-order valence-corrected chi connectivity index (χ3v) is 4.91. The molecule has 3 N–H and O–H groups in total. The van der Waals surface area contributed by atoms with Gasteiger partial charge >= 0.3 is 0 Å². The number of benzene rings is 1. The fourth-order valence-electron chi connectivity index (χ4n) is 2.70. The second-order valence-electron chi connectivity index (χ2n) is 5.78. The van der Waals surface area contributed by atoms with E-state index in [0.717, 1.165) is 22.3 Å². The Balaban J connectivity index is 2.01. The lowest BCUT2D eigenvalue weighted by Crippen LogP contribution is -2.29. The Morgan fingerprint density at radius 1 is 1.37 bits per heavy atom. The Labute approximate surface area is 129 Å². The number of anilines is 1. The Bertz CT molecular complexity index is 467. The highest BCUT2D eigenvalue weighted by Crippen LogP contribution is 2.36. The Hall–Kier alpha value is -0.610. The van der Waals surface area contributed by atoms with Gasteiger partial charge in [0, 0.05) is 22.3 Å². The first-order valence-electron chi connectivity index (χ1n) is 6.83. The molecule has 1 aliphatic carbocycles. The van der Waals surface area contributed by atoms with Crippen LogP contribution in [0.5, 0.6) is 0 Å². The number of nitrogens with one attached hydrogen (secondary N) is 1. The summed E-state index contributed by atoms with van der Waals surface area (Å²) in [5.41, 5.74) is 8.08. The summed E-state index contributed by atoms with van der Waals surface area (Å²) in [6.07, 6.45) is 6.76. The topological polar surface area (TPSA) is 38.0 Å². The number of thiocarbonyl (C=S) groups is 1. The maximum Gasteiger partial charge on any atom is 0.104 e. The van der Waals surface area contributed by atoms with Crippen LogP contribution >= 0.6 is 28.1 Å². The molecule has 1 saturated carbocycles. The molecule has 0 unspecified atom stereocenters. The molecular weight excluding hydrogens is 320 g/mol. The third kappa shape index (κ3) is 3.93. The van der Waals surface area contributed by atoms with E-state index in [1.54, 1.807) is 0 Å². The van der Waals surface area contributed by atoms with Crippen LogP contribution in [0.25, 0.3) is 0 Å². The van der Waals surface area contributed by atoms with Gasteiger partial charge in [-0.1, -0.05) is 38.4 Å². The summed E-state index contributed by atoms with van der Waals surface area (Å²) < 4.78 is 1.03. The smallest absolute Gasteiger partial charge is 0.104 e. The first-order valence-corrected chi connectivity index (χ1v) is 8.04. The molecule has 0 radical (unpaired) electrons. The molecule has 0 bridgehead atoms. The number of halogens is 1. The van der Waals surface area contributed by atoms with Gasteiger partial charge in [-0.25, -0.2) is 0 Å². The van der Waals surface area contributed by atoms with E-state index < -0.39 is 0 Å². The van der Waals surface area contributed by atoms with E-state index in [9.17, 15) is 0 Å². The molecule has 0 aliphatic heterocycles. The van der Waals surface area contributed by atoms with E-state index in [4.69, 9.17) is 18.0 Å². The van der Waals surface area contributed by atoms with Crippen molar-refractivity contribution in [3.8, 4) is 0 Å². The van der Waals surface area contributed by atoms with Crippen LogP contribution in [-0.4, -0.2) is 11.5 Å². The van der Waals surface area contributed by atoms with Gasteiger partial charge in [-0.3, -0.25) is 0 Å². The number of hydrogen-bond donors (Lipinski definition) is 2. The van der Waals surface area contributed by atoms with E-state index in [2.05, 4.69) is 28.2 Å². The minimum Gasteiger partial charge on any atom is -0.389 e. The van der Waals surface area contributed by atoms with Crippen LogP contribution in [0.4, 0.5) is 5.69 Å². The monoisotopic (exact) mass is 340 g/mol. The first-order chi connectivity index (χ1) is 9.00. The lowest BCUT2D eigenvalue weighted by Gasteiger charge is -2.34. The Kier molecular flexibility index (Phi) is 4.85. The van der Waals surface area contributed by atoms with Gasteiger partial charge in [0.25, 0.3) is 0 Å². The van der Waals surface area contributed by atoms with Crippen molar-refractivity contribution < 1.29 is 0 Å². The maximum absolute atomic E-state index is 5.63. The standard InChI is InChI=1S/C15H21BrN2S/c1-15(7-3-2-4-8-15)10-18-13-6-5-11(14(17)19)9-12(13)16/h5-6,9,18H,2-4,7-8,10H2,1H3,(H2,17,19). The minimum atomic E-state index is 0.430. The molecule has 1 aromatic carbocycles. The van der Waals surface area contributed by atoms with Gasteiger partial charge < -0.3 is 11.1 Å². The molecule has 0 spiro atoms. The second-order valence-corrected chi connectivity index (χ2v) is 7.08. The van der Waals surface area contributed by atoms with Gasteiger partial charge in [0.05, 0.1) is 0 Å². The quantitative estimate of drug-likeness (QED) is 0.794. The lowest BCUT2D eigenvalue weighted by atomic mass is 9.76. The van der Waals surface area contributed by atoms with Crippen LogP contribution in [0.15, 0.2) is 22.7 Å². The molecule has 1 aliphatic rings. The van der Waals surface area contributed by atoms with Crippen LogP contribution in [0.3, 0.4) is 0 Å². The molecule has 104 valence electrons. The Morgan fingerprint density at radius 3 is 2.63 bits per heavy atom. The summed E-state index contributed by atoms with van der Waals surface area (Å²) in [7, 11) is 0. The highest BCUT2D eigenvalue weighted by atomic mass is 79.9. The van der Waals surface area contributed by atoms with Crippen LogP contribution in [0.2, 0.25) is 0 Å². The normalized spacial score (nSPS) is 18.0. The summed E-state index contributed by atoms with van der Waals surface area (Å²) in [4.78, 5) is 0.437. The highest BCUT2D eigenvalue weighted by Gasteiger charge is 2.26. The average molecular weight is 341 g/mol. The summed E-state index contributed by atoms with van der Waals surface area (Å²) in [5, 5.41) is 3.56. The van der Waals surface area contributed by atoms with E-state index >= 15 is 0 Å². The van der Waals surface area contributed by atoms with E-state index in [0.29, 0.717) is 10.4 Å². The molecule has 2 rings (SSSR count). The van der Waals surface area contributed by atoms with Crippen LogP contribution < -0.4 is 11.1 Å². The Morgan fingerprint density at radius 2 is 2.05 bits per heavy atom. The third-order valence-electron chi connectivity index (χ3n) is 4.02. The molecular formula is C15H21BrN2S. The largest absolute Gasteiger partial charge is 0.389 e. The van der Waals surface area contributed by atoms with Crippen molar-refractivity contribution >= 4 is 38.8 Å². The van der Waals surface area contributed by atoms with Gasteiger partial charge in [0.15, 0.2) is 0 Å². The summed E-state index contributed by atoms with van der Waals surface area (Å²) >= 11 is 8.57. The molecule has 4 heteroatoms. The molecule has 2 nitrogen and oxygen atoms in total. The van der Waals surface area contributed by atoms with Gasteiger partial charge in [0.1, 0.15) is 4.99 Å². The van der Waals surface area contributed by atoms with Crippen LogP contribution in [-0.2, 0) is 0 Å². The van der Waals surface area contributed by atoms with Crippen molar-refractivity contribution in [2.75, 3.05) is 11.9 Å². The predicted octanol–water partition coefficient (Wildman–Crippen LogP) is 4.47. The first kappa shape index (κ1) is 14.8.